The van der Waals surface area contributed by atoms with Gasteiger partial charge < -0.3 is 14.6 Å². The lowest BCUT2D eigenvalue weighted by Gasteiger charge is -2.25. The van der Waals surface area contributed by atoms with Gasteiger partial charge in [-0.1, -0.05) is 12.1 Å². The van der Waals surface area contributed by atoms with E-state index in [1.807, 2.05) is 59.7 Å². The Hall–Kier alpha value is -2.63. The number of fused-ring (bicyclic) bond motifs is 1. The van der Waals surface area contributed by atoms with E-state index < -0.39 is 5.63 Å². The van der Waals surface area contributed by atoms with Crippen molar-refractivity contribution in [2.24, 2.45) is 0 Å². The molecule has 0 saturated heterocycles. The van der Waals surface area contributed by atoms with E-state index in [9.17, 15) is 14.4 Å². The fraction of sp³-hybridized carbons (Fsp3) is 0.500. The van der Waals surface area contributed by atoms with Gasteiger partial charge in [0.2, 0.25) is 11.8 Å². The molecule has 0 saturated carbocycles. The van der Waals surface area contributed by atoms with E-state index in [1.165, 1.54) is 4.90 Å². The van der Waals surface area contributed by atoms with Gasteiger partial charge in [0.25, 0.3) is 0 Å². The summed E-state index contributed by atoms with van der Waals surface area (Å²) in [4.78, 5) is 38.6. The van der Waals surface area contributed by atoms with Gasteiger partial charge in [0.05, 0.1) is 6.54 Å². The van der Waals surface area contributed by atoms with Gasteiger partial charge in [-0.2, -0.15) is 0 Å². The topological polar surface area (TPSA) is 79.6 Å². The Balaban J connectivity index is 2.12. The molecule has 6 heteroatoms. The summed E-state index contributed by atoms with van der Waals surface area (Å²) in [5, 5.41) is 3.74. The molecule has 1 heterocycles. The molecule has 0 fully saturated rings. The third-order valence-corrected chi connectivity index (χ3v) is 4.62. The highest BCUT2D eigenvalue weighted by Crippen LogP contribution is 2.21. The highest BCUT2D eigenvalue weighted by Gasteiger charge is 2.20. The van der Waals surface area contributed by atoms with Gasteiger partial charge in [0.15, 0.2) is 0 Å². The van der Waals surface area contributed by atoms with Gasteiger partial charge in [-0.3, -0.25) is 9.59 Å². The molecule has 1 aromatic heterocycles. The predicted molar refractivity (Wildman–Crippen MR) is 110 cm³/mol. The van der Waals surface area contributed by atoms with Crippen LogP contribution in [0.25, 0.3) is 11.0 Å². The summed E-state index contributed by atoms with van der Waals surface area (Å²) in [7, 11) is 0. The average Bonchev–Trinajstić information content (AvgIpc) is 2.57. The van der Waals surface area contributed by atoms with Crippen LogP contribution in [-0.4, -0.2) is 35.3 Å². The van der Waals surface area contributed by atoms with E-state index in [0.717, 1.165) is 16.5 Å². The normalized spacial score (nSPS) is 11.5. The number of carbonyl (C=O) groups excluding carboxylic acids is 2. The molecule has 2 aromatic rings. The standard InChI is InChI=1S/C22H30N2O4/c1-7-24(13-19(25)23-22(4,5)6)20(26)11-10-17-15(3)16-9-8-14(2)12-18(16)28-21(17)27/h8-9,12H,7,10-11,13H2,1-6H3,(H,23,25). The SMILES string of the molecule is CCN(CC(=O)NC(C)(C)C)C(=O)CCc1c(C)c2ccc(C)cc2oc1=O. The molecular weight excluding hydrogens is 356 g/mol. The molecule has 152 valence electrons. The first-order valence-electron chi connectivity index (χ1n) is 9.63. The average molecular weight is 386 g/mol. The minimum atomic E-state index is -0.406. The molecule has 2 rings (SSSR count). The quantitative estimate of drug-likeness (QED) is 0.774. The van der Waals surface area contributed by atoms with Crippen molar-refractivity contribution in [3.63, 3.8) is 0 Å². The highest BCUT2D eigenvalue weighted by molar-refractivity contribution is 5.85. The van der Waals surface area contributed by atoms with Crippen LogP contribution in [0.1, 0.15) is 50.8 Å². The lowest BCUT2D eigenvalue weighted by atomic mass is 10.0. The third kappa shape index (κ3) is 5.44. The van der Waals surface area contributed by atoms with Crippen molar-refractivity contribution in [2.45, 2.75) is 59.9 Å². The van der Waals surface area contributed by atoms with Gasteiger partial charge in [-0.15, -0.1) is 0 Å². The molecule has 28 heavy (non-hydrogen) atoms. The van der Waals surface area contributed by atoms with Crippen LogP contribution >= 0.6 is 0 Å². The first-order valence-corrected chi connectivity index (χ1v) is 9.63. The van der Waals surface area contributed by atoms with Crippen molar-refractivity contribution in [2.75, 3.05) is 13.1 Å². The number of rotatable bonds is 6. The zero-order valence-electron chi connectivity index (χ0n) is 17.6. The van der Waals surface area contributed by atoms with Crippen molar-refractivity contribution in [1.82, 2.24) is 10.2 Å². The molecule has 0 bridgehead atoms. The monoisotopic (exact) mass is 386 g/mol. The second kappa shape index (κ2) is 8.59. The maximum Gasteiger partial charge on any atom is 0.339 e. The second-order valence-corrected chi connectivity index (χ2v) is 8.20. The molecule has 1 aromatic carbocycles. The molecule has 0 spiro atoms. The Labute approximate surface area is 165 Å². The van der Waals surface area contributed by atoms with E-state index in [2.05, 4.69) is 5.32 Å². The number of nitrogens with one attached hydrogen (secondary N) is 1. The molecule has 6 nitrogen and oxygen atoms in total. The van der Waals surface area contributed by atoms with Gasteiger partial charge in [-0.25, -0.2) is 4.79 Å². The number of nitrogens with zero attached hydrogens (tertiary/aromatic N) is 1. The summed E-state index contributed by atoms with van der Waals surface area (Å²) in [6.07, 6.45) is 0.438. The molecule has 0 aliphatic heterocycles. The van der Waals surface area contributed by atoms with E-state index >= 15 is 0 Å². The zero-order valence-corrected chi connectivity index (χ0v) is 17.6. The molecule has 1 N–H and O–H groups in total. The summed E-state index contributed by atoms with van der Waals surface area (Å²) in [6, 6.07) is 5.74. The highest BCUT2D eigenvalue weighted by atomic mass is 16.4. The molecule has 0 radical (unpaired) electrons. The Morgan fingerprint density at radius 2 is 1.86 bits per heavy atom. The number of benzene rings is 1. The molecular formula is C22H30N2O4. The number of likely N-dealkylation sites (N-methyl/N-ethyl adjacent to an activating group) is 1. The Morgan fingerprint density at radius 1 is 1.18 bits per heavy atom. The van der Waals surface area contributed by atoms with Crippen molar-refractivity contribution in [3.8, 4) is 0 Å². The summed E-state index contributed by atoms with van der Waals surface area (Å²) in [5.74, 6) is -0.353. The van der Waals surface area contributed by atoms with E-state index in [1.54, 1.807) is 0 Å². The minimum Gasteiger partial charge on any atom is -0.423 e. The van der Waals surface area contributed by atoms with Crippen LogP contribution in [-0.2, 0) is 16.0 Å². The summed E-state index contributed by atoms with van der Waals surface area (Å²) < 4.78 is 5.45. The van der Waals surface area contributed by atoms with Crippen LogP contribution < -0.4 is 10.9 Å². The number of aryl methyl sites for hydroxylation is 2. The van der Waals surface area contributed by atoms with Gasteiger partial charge in [-0.05, 0) is 65.2 Å². The predicted octanol–water partition coefficient (Wildman–Crippen LogP) is 3.11. The fourth-order valence-electron chi connectivity index (χ4n) is 3.19. The van der Waals surface area contributed by atoms with E-state index in [0.29, 0.717) is 17.7 Å². The van der Waals surface area contributed by atoms with Crippen LogP contribution in [0.3, 0.4) is 0 Å². The minimum absolute atomic E-state index is 0.0111. The van der Waals surface area contributed by atoms with Crippen LogP contribution in [0.2, 0.25) is 0 Å². The summed E-state index contributed by atoms with van der Waals surface area (Å²) >= 11 is 0. The van der Waals surface area contributed by atoms with Gasteiger partial charge >= 0.3 is 5.63 Å². The fourth-order valence-corrected chi connectivity index (χ4v) is 3.19. The van der Waals surface area contributed by atoms with Crippen LogP contribution in [0.15, 0.2) is 27.4 Å². The van der Waals surface area contributed by atoms with Crippen molar-refractivity contribution in [3.05, 3.63) is 45.3 Å². The van der Waals surface area contributed by atoms with Gasteiger partial charge in [0, 0.05) is 29.5 Å². The first kappa shape index (κ1) is 21.7. The largest absolute Gasteiger partial charge is 0.423 e. The number of hydrogen-bond donors (Lipinski definition) is 1. The van der Waals surface area contributed by atoms with Crippen LogP contribution in [0.4, 0.5) is 0 Å². The molecule has 0 aliphatic carbocycles. The van der Waals surface area contributed by atoms with Crippen molar-refractivity contribution >= 4 is 22.8 Å². The van der Waals surface area contributed by atoms with Crippen molar-refractivity contribution in [1.29, 1.82) is 0 Å². The van der Waals surface area contributed by atoms with Gasteiger partial charge in [0.1, 0.15) is 5.58 Å². The maximum atomic E-state index is 12.6. The number of carbonyl (C=O) groups is 2. The summed E-state index contributed by atoms with van der Waals surface area (Å²) in [6.45, 7) is 11.8. The Kier molecular flexibility index (Phi) is 6.65. The van der Waals surface area contributed by atoms with Crippen LogP contribution in [0, 0.1) is 13.8 Å². The number of amides is 2. The lowest BCUT2D eigenvalue weighted by Crippen LogP contribution is -2.47. The Bertz CT molecular complexity index is 938. The van der Waals surface area contributed by atoms with E-state index in [4.69, 9.17) is 4.42 Å². The smallest absolute Gasteiger partial charge is 0.339 e. The Morgan fingerprint density at radius 3 is 2.46 bits per heavy atom. The van der Waals surface area contributed by atoms with Crippen molar-refractivity contribution < 1.29 is 14.0 Å². The maximum absolute atomic E-state index is 12.6. The molecule has 0 aliphatic rings. The molecule has 0 atom stereocenters. The second-order valence-electron chi connectivity index (χ2n) is 8.20. The van der Waals surface area contributed by atoms with Crippen LogP contribution in [0.5, 0.6) is 0 Å². The summed E-state index contributed by atoms with van der Waals surface area (Å²) in [5.41, 5.74) is 2.18. The third-order valence-electron chi connectivity index (χ3n) is 4.62. The molecule has 2 amide bonds. The zero-order chi connectivity index (χ0) is 21.1. The number of hydrogen-bond acceptors (Lipinski definition) is 4. The lowest BCUT2D eigenvalue weighted by molar-refractivity contribution is -0.136. The first-order chi connectivity index (χ1) is 13.0. The van der Waals surface area contributed by atoms with E-state index in [-0.39, 0.29) is 36.7 Å². The molecule has 0 unspecified atom stereocenters.